The Kier molecular flexibility index (Phi) is 3.48. The quantitative estimate of drug-likeness (QED) is 0.786. The number of hydrogen-bond donors (Lipinski definition) is 1. The fourth-order valence-corrected chi connectivity index (χ4v) is 3.11. The van der Waals surface area contributed by atoms with Crippen LogP contribution in [-0.2, 0) is 0 Å². The number of fused-ring (bicyclic) bond motifs is 1. The van der Waals surface area contributed by atoms with E-state index in [1.807, 2.05) is 30.5 Å². The zero-order valence-electron chi connectivity index (χ0n) is 11.9. The molecular formula is C17H14N4S. The van der Waals surface area contributed by atoms with Crippen LogP contribution in [0.25, 0.3) is 16.6 Å². The SMILES string of the molecule is C1=CC(c2c[nH]c(Sc3cnc4ccccc4n3)n2)=CCC1. The fraction of sp³-hybridized carbons (Fsp3) is 0.118. The lowest BCUT2D eigenvalue weighted by Gasteiger charge is -2.02. The van der Waals surface area contributed by atoms with Gasteiger partial charge in [-0.2, -0.15) is 0 Å². The van der Waals surface area contributed by atoms with E-state index in [1.165, 1.54) is 17.3 Å². The molecule has 2 heterocycles. The lowest BCUT2D eigenvalue weighted by Crippen LogP contribution is -1.88. The molecule has 1 aliphatic rings. The minimum atomic E-state index is 0.833. The number of nitrogens with one attached hydrogen (secondary N) is 1. The number of benzene rings is 1. The van der Waals surface area contributed by atoms with Gasteiger partial charge >= 0.3 is 0 Å². The Hall–Kier alpha value is -2.40. The third kappa shape index (κ3) is 2.67. The van der Waals surface area contributed by atoms with Crippen LogP contribution in [0, 0.1) is 0 Å². The smallest absolute Gasteiger partial charge is 0.172 e. The summed E-state index contributed by atoms with van der Waals surface area (Å²) in [5, 5.41) is 1.67. The Bertz CT molecular complexity index is 879. The van der Waals surface area contributed by atoms with Crippen LogP contribution in [0.2, 0.25) is 0 Å². The minimum Gasteiger partial charge on any atom is -0.339 e. The Morgan fingerprint density at radius 2 is 1.95 bits per heavy atom. The van der Waals surface area contributed by atoms with Crippen LogP contribution in [0.1, 0.15) is 18.5 Å². The number of nitrogens with zero attached hydrogens (tertiary/aromatic N) is 3. The van der Waals surface area contributed by atoms with Gasteiger partial charge in [-0.1, -0.05) is 30.4 Å². The Balaban J connectivity index is 1.58. The zero-order chi connectivity index (χ0) is 14.8. The fourth-order valence-electron chi connectivity index (χ4n) is 2.40. The van der Waals surface area contributed by atoms with E-state index in [0.29, 0.717) is 0 Å². The Morgan fingerprint density at radius 3 is 2.82 bits per heavy atom. The Labute approximate surface area is 132 Å². The molecule has 1 aromatic carbocycles. The van der Waals surface area contributed by atoms with Gasteiger partial charge in [0.05, 0.1) is 22.9 Å². The lowest BCUT2D eigenvalue weighted by molar-refractivity contribution is 1.02. The monoisotopic (exact) mass is 306 g/mol. The van der Waals surface area contributed by atoms with Gasteiger partial charge in [-0.3, -0.25) is 4.98 Å². The highest BCUT2D eigenvalue weighted by Crippen LogP contribution is 2.27. The third-order valence-electron chi connectivity index (χ3n) is 3.47. The number of hydrogen-bond acceptors (Lipinski definition) is 4. The molecule has 5 heteroatoms. The van der Waals surface area contributed by atoms with E-state index in [4.69, 9.17) is 0 Å². The van der Waals surface area contributed by atoms with Crippen molar-refractivity contribution in [2.75, 3.05) is 0 Å². The third-order valence-corrected chi connectivity index (χ3v) is 4.28. The van der Waals surface area contributed by atoms with Gasteiger partial charge in [-0.05, 0) is 42.3 Å². The van der Waals surface area contributed by atoms with Crippen molar-refractivity contribution >= 4 is 28.4 Å². The second-order valence-corrected chi connectivity index (χ2v) is 6.04. The standard InChI is InChI=1S/C17H14N4S/c1-2-6-12(7-3-1)15-10-19-17(21-15)22-16-11-18-13-8-4-5-9-14(13)20-16/h2,4-11H,1,3H2,(H,19,21). The second kappa shape index (κ2) is 5.77. The maximum absolute atomic E-state index is 4.63. The van der Waals surface area contributed by atoms with E-state index < -0.39 is 0 Å². The van der Waals surface area contributed by atoms with Crippen LogP contribution in [-0.4, -0.2) is 19.9 Å². The molecule has 1 N–H and O–H groups in total. The summed E-state index contributed by atoms with van der Waals surface area (Å²) in [5.41, 5.74) is 3.97. The van der Waals surface area contributed by atoms with Crippen LogP contribution < -0.4 is 0 Å². The lowest BCUT2D eigenvalue weighted by atomic mass is 10.1. The van der Waals surface area contributed by atoms with Gasteiger partial charge in [0.1, 0.15) is 5.03 Å². The number of aromatic amines is 1. The first-order chi connectivity index (χ1) is 10.9. The molecule has 4 nitrogen and oxygen atoms in total. The van der Waals surface area contributed by atoms with Gasteiger partial charge in [0.2, 0.25) is 0 Å². The molecule has 0 atom stereocenters. The summed E-state index contributed by atoms with van der Waals surface area (Å²) >= 11 is 1.50. The van der Waals surface area contributed by atoms with E-state index in [0.717, 1.165) is 39.8 Å². The number of para-hydroxylation sites is 2. The molecule has 2 aromatic heterocycles. The number of imidazole rings is 1. The highest BCUT2D eigenvalue weighted by atomic mass is 32.2. The van der Waals surface area contributed by atoms with Gasteiger partial charge in [0.15, 0.2) is 5.16 Å². The van der Waals surface area contributed by atoms with Crippen LogP contribution >= 0.6 is 11.8 Å². The molecule has 0 fully saturated rings. The van der Waals surface area contributed by atoms with Crippen molar-refractivity contribution in [3.63, 3.8) is 0 Å². The summed E-state index contributed by atoms with van der Waals surface area (Å²) in [6, 6.07) is 7.87. The highest BCUT2D eigenvalue weighted by molar-refractivity contribution is 7.99. The maximum atomic E-state index is 4.63. The molecule has 108 valence electrons. The first-order valence-corrected chi connectivity index (χ1v) is 8.02. The number of H-pyrrole nitrogens is 1. The van der Waals surface area contributed by atoms with Crippen molar-refractivity contribution in [1.82, 2.24) is 19.9 Å². The number of allylic oxidation sites excluding steroid dienone is 4. The molecular weight excluding hydrogens is 292 g/mol. The first-order valence-electron chi connectivity index (χ1n) is 7.21. The molecule has 0 saturated heterocycles. The molecule has 0 radical (unpaired) electrons. The van der Waals surface area contributed by atoms with E-state index >= 15 is 0 Å². The van der Waals surface area contributed by atoms with Gasteiger partial charge in [-0.25, -0.2) is 9.97 Å². The van der Waals surface area contributed by atoms with E-state index in [9.17, 15) is 0 Å². The van der Waals surface area contributed by atoms with Crippen molar-refractivity contribution in [2.24, 2.45) is 0 Å². The molecule has 0 amide bonds. The van der Waals surface area contributed by atoms with Crippen LogP contribution in [0.3, 0.4) is 0 Å². The summed E-state index contributed by atoms with van der Waals surface area (Å²) in [6.07, 6.45) is 12.5. The molecule has 4 rings (SSSR count). The zero-order valence-corrected chi connectivity index (χ0v) is 12.7. The van der Waals surface area contributed by atoms with E-state index in [-0.39, 0.29) is 0 Å². The molecule has 0 saturated carbocycles. The largest absolute Gasteiger partial charge is 0.339 e. The molecule has 0 bridgehead atoms. The summed E-state index contributed by atoms with van der Waals surface area (Å²) in [4.78, 5) is 16.9. The van der Waals surface area contributed by atoms with Crippen LogP contribution in [0.15, 0.2) is 65.1 Å². The highest BCUT2D eigenvalue weighted by Gasteiger charge is 2.09. The number of rotatable bonds is 3. The van der Waals surface area contributed by atoms with Crippen molar-refractivity contribution in [3.8, 4) is 0 Å². The topological polar surface area (TPSA) is 54.5 Å². The molecule has 0 unspecified atom stereocenters. The van der Waals surface area contributed by atoms with E-state index in [1.54, 1.807) is 6.20 Å². The second-order valence-electron chi connectivity index (χ2n) is 5.03. The van der Waals surface area contributed by atoms with Crippen LogP contribution in [0.5, 0.6) is 0 Å². The van der Waals surface area contributed by atoms with Gasteiger partial charge in [0, 0.05) is 6.20 Å². The Morgan fingerprint density at radius 1 is 1.05 bits per heavy atom. The normalized spacial score (nSPS) is 14.3. The van der Waals surface area contributed by atoms with Crippen LogP contribution in [0.4, 0.5) is 0 Å². The van der Waals surface area contributed by atoms with Crippen molar-refractivity contribution < 1.29 is 0 Å². The predicted molar refractivity (Wildman–Crippen MR) is 88.6 cm³/mol. The average molecular weight is 306 g/mol. The van der Waals surface area contributed by atoms with Gasteiger partial charge < -0.3 is 4.98 Å². The molecule has 0 spiro atoms. The summed E-state index contributed by atoms with van der Waals surface area (Å²) < 4.78 is 0. The van der Waals surface area contributed by atoms with Gasteiger partial charge in [0.25, 0.3) is 0 Å². The van der Waals surface area contributed by atoms with Crippen molar-refractivity contribution in [3.05, 3.63) is 60.6 Å². The summed E-state index contributed by atoms with van der Waals surface area (Å²) in [6.45, 7) is 0. The maximum Gasteiger partial charge on any atom is 0.172 e. The predicted octanol–water partition coefficient (Wildman–Crippen LogP) is 4.24. The molecule has 22 heavy (non-hydrogen) atoms. The summed E-state index contributed by atoms with van der Waals surface area (Å²) in [5.74, 6) is 0. The molecule has 0 aliphatic heterocycles. The summed E-state index contributed by atoms with van der Waals surface area (Å²) in [7, 11) is 0. The average Bonchev–Trinajstić information content (AvgIpc) is 3.04. The minimum absolute atomic E-state index is 0.833. The molecule has 1 aliphatic carbocycles. The first kappa shape index (κ1) is 13.3. The number of aromatic nitrogens is 4. The molecule has 3 aromatic rings. The van der Waals surface area contributed by atoms with E-state index in [2.05, 4.69) is 38.2 Å². The van der Waals surface area contributed by atoms with Crippen molar-refractivity contribution in [2.45, 2.75) is 23.0 Å². The van der Waals surface area contributed by atoms with Gasteiger partial charge in [-0.15, -0.1) is 0 Å². The van der Waals surface area contributed by atoms with Crippen molar-refractivity contribution in [1.29, 1.82) is 0 Å².